The number of nitrogens with zero attached hydrogens (tertiary/aromatic N) is 2. The minimum absolute atomic E-state index is 0.575. The fraction of sp³-hybridized carbons (Fsp3) is 0.200. The molecule has 2 aromatic rings. The highest BCUT2D eigenvalue weighted by Crippen LogP contribution is 2.24. The summed E-state index contributed by atoms with van der Waals surface area (Å²) < 4.78 is 4.22. The molecule has 3 nitrogen and oxygen atoms in total. The van der Waals surface area contributed by atoms with Gasteiger partial charge in [0.25, 0.3) is 0 Å². The van der Waals surface area contributed by atoms with Gasteiger partial charge in [-0.25, -0.2) is 4.98 Å². The number of nitrogens with two attached hydrogens (primary N) is 1. The monoisotopic (exact) mass is 239 g/mol. The van der Waals surface area contributed by atoms with Crippen molar-refractivity contribution in [2.24, 2.45) is 5.73 Å². The molecule has 0 spiro atoms. The van der Waals surface area contributed by atoms with Gasteiger partial charge in [-0.2, -0.15) is 4.37 Å². The number of rotatable bonds is 3. The molecule has 5 heteroatoms. The molecule has 1 heterocycles. The molecule has 0 aliphatic carbocycles. The lowest BCUT2D eigenvalue weighted by Crippen LogP contribution is -2.03. The molecule has 1 aromatic carbocycles. The summed E-state index contributed by atoms with van der Waals surface area (Å²) in [4.78, 5) is 4.38. The van der Waals surface area contributed by atoms with Gasteiger partial charge < -0.3 is 5.73 Å². The van der Waals surface area contributed by atoms with E-state index in [0.29, 0.717) is 11.6 Å². The smallest absolute Gasteiger partial charge is 0.144 e. The lowest BCUT2D eigenvalue weighted by molar-refractivity contribution is 0.901. The molecule has 0 saturated carbocycles. The quantitative estimate of drug-likeness (QED) is 0.895. The van der Waals surface area contributed by atoms with Crippen molar-refractivity contribution in [3.05, 3.63) is 35.1 Å². The SMILES string of the molecule is NCCc1nsc(-c2cccc(Cl)c2)n1. The van der Waals surface area contributed by atoms with Crippen molar-refractivity contribution >= 4 is 23.1 Å². The van der Waals surface area contributed by atoms with Crippen molar-refractivity contribution in [3.8, 4) is 10.6 Å². The summed E-state index contributed by atoms with van der Waals surface area (Å²) >= 11 is 7.28. The van der Waals surface area contributed by atoms with Crippen molar-refractivity contribution in [1.29, 1.82) is 0 Å². The molecule has 0 unspecified atom stereocenters. The van der Waals surface area contributed by atoms with Crippen LogP contribution in [0.2, 0.25) is 5.02 Å². The number of hydrogen-bond acceptors (Lipinski definition) is 4. The third kappa shape index (κ3) is 2.53. The van der Waals surface area contributed by atoms with E-state index < -0.39 is 0 Å². The van der Waals surface area contributed by atoms with Crippen LogP contribution < -0.4 is 5.73 Å². The van der Waals surface area contributed by atoms with Gasteiger partial charge >= 0.3 is 0 Å². The Hall–Kier alpha value is -0.970. The van der Waals surface area contributed by atoms with Crippen molar-refractivity contribution in [1.82, 2.24) is 9.36 Å². The minimum Gasteiger partial charge on any atom is -0.330 e. The van der Waals surface area contributed by atoms with E-state index in [9.17, 15) is 0 Å². The maximum Gasteiger partial charge on any atom is 0.144 e. The summed E-state index contributed by atoms with van der Waals surface area (Å²) in [6.45, 7) is 0.575. The van der Waals surface area contributed by atoms with Gasteiger partial charge in [-0.15, -0.1) is 0 Å². The van der Waals surface area contributed by atoms with Gasteiger partial charge in [-0.3, -0.25) is 0 Å². The highest BCUT2D eigenvalue weighted by atomic mass is 35.5. The summed E-state index contributed by atoms with van der Waals surface area (Å²) in [7, 11) is 0. The number of hydrogen-bond donors (Lipinski definition) is 1. The first-order valence-corrected chi connectivity index (χ1v) is 5.73. The van der Waals surface area contributed by atoms with E-state index in [0.717, 1.165) is 22.8 Å². The Labute approximate surface area is 97.1 Å². The van der Waals surface area contributed by atoms with Gasteiger partial charge in [0.05, 0.1) is 0 Å². The second-order valence-electron chi connectivity index (χ2n) is 3.06. The molecule has 0 amide bonds. The van der Waals surface area contributed by atoms with Crippen LogP contribution in [-0.4, -0.2) is 15.9 Å². The van der Waals surface area contributed by atoms with E-state index in [1.165, 1.54) is 11.5 Å². The van der Waals surface area contributed by atoms with Crippen LogP contribution in [0.15, 0.2) is 24.3 Å². The summed E-state index contributed by atoms with van der Waals surface area (Å²) in [6, 6.07) is 7.60. The van der Waals surface area contributed by atoms with E-state index in [-0.39, 0.29) is 0 Å². The van der Waals surface area contributed by atoms with Crippen LogP contribution >= 0.6 is 23.1 Å². The molecular weight excluding hydrogens is 230 g/mol. The molecule has 1 aromatic heterocycles. The topological polar surface area (TPSA) is 51.8 Å². The summed E-state index contributed by atoms with van der Waals surface area (Å²) in [5, 5.41) is 1.60. The average molecular weight is 240 g/mol. The number of benzene rings is 1. The maximum atomic E-state index is 5.90. The molecule has 78 valence electrons. The van der Waals surface area contributed by atoms with Crippen LogP contribution in [0.5, 0.6) is 0 Å². The van der Waals surface area contributed by atoms with Crippen LogP contribution in [0.4, 0.5) is 0 Å². The molecule has 15 heavy (non-hydrogen) atoms. The molecule has 2 N–H and O–H groups in total. The Morgan fingerprint density at radius 1 is 1.40 bits per heavy atom. The number of halogens is 1. The fourth-order valence-electron chi connectivity index (χ4n) is 1.22. The first-order chi connectivity index (χ1) is 7.29. The molecule has 2 rings (SSSR count). The van der Waals surface area contributed by atoms with Crippen molar-refractivity contribution in [3.63, 3.8) is 0 Å². The Balaban J connectivity index is 2.29. The van der Waals surface area contributed by atoms with Crippen LogP contribution in [0.25, 0.3) is 10.6 Å². The van der Waals surface area contributed by atoms with Crippen molar-refractivity contribution < 1.29 is 0 Å². The van der Waals surface area contributed by atoms with Crippen LogP contribution in [-0.2, 0) is 6.42 Å². The van der Waals surface area contributed by atoms with Gasteiger partial charge in [0, 0.05) is 17.0 Å². The van der Waals surface area contributed by atoms with Gasteiger partial charge in [0.2, 0.25) is 0 Å². The Morgan fingerprint density at radius 2 is 2.27 bits per heavy atom. The zero-order chi connectivity index (χ0) is 10.7. The van der Waals surface area contributed by atoms with Crippen LogP contribution in [0, 0.1) is 0 Å². The third-order valence-corrected chi connectivity index (χ3v) is 2.94. The first-order valence-electron chi connectivity index (χ1n) is 4.58. The van der Waals surface area contributed by atoms with E-state index >= 15 is 0 Å². The van der Waals surface area contributed by atoms with E-state index in [1.54, 1.807) is 0 Å². The van der Waals surface area contributed by atoms with E-state index in [2.05, 4.69) is 9.36 Å². The highest BCUT2D eigenvalue weighted by molar-refractivity contribution is 7.09. The van der Waals surface area contributed by atoms with E-state index in [1.807, 2.05) is 24.3 Å². The lowest BCUT2D eigenvalue weighted by atomic mass is 10.2. The second kappa shape index (κ2) is 4.70. The zero-order valence-corrected chi connectivity index (χ0v) is 9.55. The molecule has 0 fully saturated rings. The standard InChI is InChI=1S/C10H10ClN3S/c11-8-3-1-2-7(6-8)10-13-9(4-5-12)14-15-10/h1-3,6H,4-5,12H2. The number of aromatic nitrogens is 2. The highest BCUT2D eigenvalue weighted by Gasteiger charge is 2.05. The molecule has 0 aliphatic rings. The fourth-order valence-corrected chi connectivity index (χ4v) is 2.12. The summed E-state index contributed by atoms with van der Waals surface area (Å²) in [5.74, 6) is 0.803. The Kier molecular flexibility index (Phi) is 3.30. The molecule has 0 aliphatic heterocycles. The van der Waals surface area contributed by atoms with Gasteiger partial charge in [-0.1, -0.05) is 23.7 Å². The van der Waals surface area contributed by atoms with Crippen molar-refractivity contribution in [2.45, 2.75) is 6.42 Å². The van der Waals surface area contributed by atoms with Crippen molar-refractivity contribution in [2.75, 3.05) is 6.54 Å². The first kappa shape index (κ1) is 10.5. The zero-order valence-electron chi connectivity index (χ0n) is 7.98. The van der Waals surface area contributed by atoms with Crippen LogP contribution in [0.3, 0.4) is 0 Å². The average Bonchev–Trinajstić information content (AvgIpc) is 2.67. The van der Waals surface area contributed by atoms with E-state index in [4.69, 9.17) is 17.3 Å². The predicted molar refractivity (Wildman–Crippen MR) is 63.1 cm³/mol. The summed E-state index contributed by atoms with van der Waals surface area (Å²) in [5.41, 5.74) is 6.44. The second-order valence-corrected chi connectivity index (χ2v) is 4.25. The molecule has 0 atom stereocenters. The minimum atomic E-state index is 0.575. The van der Waals surface area contributed by atoms with Gasteiger partial charge in [0.1, 0.15) is 10.8 Å². The largest absolute Gasteiger partial charge is 0.330 e. The lowest BCUT2D eigenvalue weighted by Gasteiger charge is -1.95. The maximum absolute atomic E-state index is 5.90. The molecular formula is C10H10ClN3S. The molecule has 0 radical (unpaired) electrons. The normalized spacial score (nSPS) is 10.5. The van der Waals surface area contributed by atoms with Crippen LogP contribution in [0.1, 0.15) is 5.82 Å². The summed E-state index contributed by atoms with van der Waals surface area (Å²) in [6.07, 6.45) is 0.719. The molecule has 0 bridgehead atoms. The molecule has 0 saturated heterocycles. The van der Waals surface area contributed by atoms with Gasteiger partial charge in [0.15, 0.2) is 0 Å². The Bertz CT molecular complexity index is 455. The Morgan fingerprint density at radius 3 is 3.00 bits per heavy atom. The van der Waals surface area contributed by atoms with Gasteiger partial charge in [-0.05, 0) is 30.2 Å². The third-order valence-electron chi connectivity index (χ3n) is 1.91. The predicted octanol–water partition coefficient (Wildman–Crippen LogP) is 2.36.